The van der Waals surface area contributed by atoms with Gasteiger partial charge in [0.1, 0.15) is 5.82 Å². The first-order chi connectivity index (χ1) is 9.33. The number of nitrogens with zero attached hydrogens (tertiary/aromatic N) is 3. The van der Waals surface area contributed by atoms with E-state index in [0.717, 1.165) is 21.4 Å². The third kappa shape index (κ3) is 1.87. The molecule has 2 aromatic heterocycles. The lowest BCUT2D eigenvalue weighted by atomic mass is 10.2. The zero-order chi connectivity index (χ0) is 12.8. The summed E-state index contributed by atoms with van der Waals surface area (Å²) in [6, 6.07) is 10.9. The highest BCUT2D eigenvalue weighted by atomic mass is 79.9. The summed E-state index contributed by atoms with van der Waals surface area (Å²) >= 11 is 3.55. The number of fused-ring (bicyclic) bond motifs is 1. The first kappa shape index (κ1) is 11.2. The number of hydrogen-bond donors (Lipinski definition) is 0. The van der Waals surface area contributed by atoms with Crippen LogP contribution in [-0.2, 0) is 0 Å². The minimum atomic E-state index is 0.592. The lowest BCUT2D eigenvalue weighted by molar-refractivity contribution is 0.774. The van der Waals surface area contributed by atoms with Gasteiger partial charge in [0.05, 0.1) is 11.0 Å². The fraction of sp³-hybridized carbons (Fsp3) is 0.200. The third-order valence-electron chi connectivity index (χ3n) is 3.48. The van der Waals surface area contributed by atoms with Crippen LogP contribution in [0.15, 0.2) is 47.2 Å². The predicted molar refractivity (Wildman–Crippen MR) is 78.9 cm³/mol. The molecule has 0 aliphatic heterocycles. The normalized spacial score (nSPS) is 15.0. The molecule has 1 aliphatic rings. The molecule has 0 atom stereocenters. The van der Waals surface area contributed by atoms with E-state index in [1.807, 2.05) is 18.3 Å². The zero-order valence-electron chi connectivity index (χ0n) is 10.3. The summed E-state index contributed by atoms with van der Waals surface area (Å²) in [6.45, 7) is 0. The van der Waals surface area contributed by atoms with Crippen LogP contribution in [0.5, 0.6) is 0 Å². The molecule has 3 aromatic rings. The lowest BCUT2D eigenvalue weighted by Crippen LogP contribution is -1.97. The third-order valence-corrected chi connectivity index (χ3v) is 3.98. The lowest BCUT2D eigenvalue weighted by Gasteiger charge is -2.07. The summed E-state index contributed by atoms with van der Waals surface area (Å²) in [5.41, 5.74) is 3.34. The maximum absolute atomic E-state index is 4.79. The molecule has 19 heavy (non-hydrogen) atoms. The van der Waals surface area contributed by atoms with Crippen molar-refractivity contribution in [2.24, 2.45) is 0 Å². The van der Waals surface area contributed by atoms with E-state index in [-0.39, 0.29) is 0 Å². The predicted octanol–water partition coefficient (Wildman–Crippen LogP) is 4.20. The van der Waals surface area contributed by atoms with E-state index in [0.29, 0.717) is 6.04 Å². The summed E-state index contributed by atoms with van der Waals surface area (Å²) in [5.74, 6) is 1.03. The molecule has 0 spiro atoms. The van der Waals surface area contributed by atoms with Crippen molar-refractivity contribution in [2.75, 3.05) is 0 Å². The molecule has 0 bridgehead atoms. The topological polar surface area (TPSA) is 30.7 Å². The van der Waals surface area contributed by atoms with E-state index >= 15 is 0 Å². The van der Waals surface area contributed by atoms with Crippen molar-refractivity contribution in [2.45, 2.75) is 18.9 Å². The molecule has 3 nitrogen and oxygen atoms in total. The standard InChI is InChI=1S/C15H12BrN3/c16-11-3-6-13-14(8-11)19(12-4-5-12)15(18-13)10-2-1-7-17-9-10/h1-3,6-9,12H,4-5H2. The number of benzene rings is 1. The van der Waals surface area contributed by atoms with Crippen LogP contribution in [0.1, 0.15) is 18.9 Å². The van der Waals surface area contributed by atoms with Gasteiger partial charge >= 0.3 is 0 Å². The molecule has 0 N–H and O–H groups in total. The Hall–Kier alpha value is -1.68. The molecule has 0 unspecified atom stereocenters. The number of imidazole rings is 1. The van der Waals surface area contributed by atoms with Crippen LogP contribution >= 0.6 is 15.9 Å². The maximum atomic E-state index is 4.79. The molecule has 2 heterocycles. The second-order valence-corrected chi connectivity index (χ2v) is 5.83. The SMILES string of the molecule is Brc1ccc2nc(-c3cccnc3)n(C3CC3)c2c1. The van der Waals surface area contributed by atoms with Gasteiger partial charge in [-0.1, -0.05) is 15.9 Å². The molecule has 94 valence electrons. The van der Waals surface area contributed by atoms with E-state index in [4.69, 9.17) is 4.98 Å². The van der Waals surface area contributed by atoms with Crippen LogP contribution in [0.2, 0.25) is 0 Å². The highest BCUT2D eigenvalue weighted by molar-refractivity contribution is 9.10. The second kappa shape index (κ2) is 4.17. The zero-order valence-corrected chi connectivity index (χ0v) is 11.8. The Morgan fingerprint density at radius 1 is 1.21 bits per heavy atom. The van der Waals surface area contributed by atoms with Crippen molar-refractivity contribution < 1.29 is 0 Å². The van der Waals surface area contributed by atoms with Gasteiger partial charge in [0.25, 0.3) is 0 Å². The number of halogens is 1. The first-order valence-electron chi connectivity index (χ1n) is 6.41. The van der Waals surface area contributed by atoms with Crippen LogP contribution in [-0.4, -0.2) is 14.5 Å². The smallest absolute Gasteiger partial charge is 0.142 e. The molecule has 0 radical (unpaired) electrons. The molecular formula is C15H12BrN3. The summed E-state index contributed by atoms with van der Waals surface area (Å²) in [6.07, 6.45) is 6.16. The van der Waals surface area contributed by atoms with Crippen LogP contribution in [0.4, 0.5) is 0 Å². The van der Waals surface area contributed by atoms with Gasteiger partial charge in [-0.3, -0.25) is 4.98 Å². The molecule has 4 heteroatoms. The molecule has 1 aromatic carbocycles. The molecule has 1 saturated carbocycles. The summed E-state index contributed by atoms with van der Waals surface area (Å²) in [7, 11) is 0. The van der Waals surface area contributed by atoms with Gasteiger partial charge in [0, 0.05) is 28.5 Å². The van der Waals surface area contributed by atoms with Crippen molar-refractivity contribution in [3.8, 4) is 11.4 Å². The monoisotopic (exact) mass is 313 g/mol. The molecule has 1 fully saturated rings. The van der Waals surface area contributed by atoms with E-state index < -0.39 is 0 Å². The average molecular weight is 314 g/mol. The Balaban J connectivity index is 2.02. The molecule has 0 amide bonds. The largest absolute Gasteiger partial charge is 0.321 e. The Bertz CT molecular complexity index is 745. The summed E-state index contributed by atoms with van der Waals surface area (Å²) in [5, 5.41) is 0. The number of pyridine rings is 1. The average Bonchev–Trinajstić information content (AvgIpc) is 3.21. The Labute approximate surface area is 119 Å². The van der Waals surface area contributed by atoms with Gasteiger partial charge in [0.2, 0.25) is 0 Å². The van der Waals surface area contributed by atoms with Gasteiger partial charge in [-0.15, -0.1) is 0 Å². The number of aromatic nitrogens is 3. The van der Waals surface area contributed by atoms with E-state index in [1.54, 1.807) is 6.20 Å². The maximum Gasteiger partial charge on any atom is 0.142 e. The Kier molecular flexibility index (Phi) is 2.45. The van der Waals surface area contributed by atoms with E-state index in [9.17, 15) is 0 Å². The van der Waals surface area contributed by atoms with E-state index in [1.165, 1.54) is 18.4 Å². The van der Waals surface area contributed by atoms with Crippen LogP contribution in [0.25, 0.3) is 22.4 Å². The minimum Gasteiger partial charge on any atom is -0.321 e. The highest BCUT2D eigenvalue weighted by Crippen LogP contribution is 2.41. The summed E-state index contributed by atoms with van der Waals surface area (Å²) < 4.78 is 3.46. The van der Waals surface area contributed by atoms with Crippen LogP contribution in [0, 0.1) is 0 Å². The van der Waals surface area contributed by atoms with Crippen molar-refractivity contribution in [1.29, 1.82) is 0 Å². The van der Waals surface area contributed by atoms with Gasteiger partial charge in [0.15, 0.2) is 0 Å². The number of rotatable bonds is 2. The summed E-state index contributed by atoms with van der Waals surface area (Å²) in [4.78, 5) is 8.99. The van der Waals surface area contributed by atoms with Gasteiger partial charge in [-0.2, -0.15) is 0 Å². The fourth-order valence-corrected chi connectivity index (χ4v) is 2.82. The first-order valence-corrected chi connectivity index (χ1v) is 7.20. The van der Waals surface area contributed by atoms with Gasteiger partial charge in [-0.25, -0.2) is 4.98 Å². The second-order valence-electron chi connectivity index (χ2n) is 4.91. The van der Waals surface area contributed by atoms with Crippen molar-refractivity contribution in [3.05, 3.63) is 47.2 Å². The highest BCUT2D eigenvalue weighted by Gasteiger charge is 2.28. The van der Waals surface area contributed by atoms with Gasteiger partial charge < -0.3 is 4.57 Å². The minimum absolute atomic E-state index is 0.592. The van der Waals surface area contributed by atoms with E-state index in [2.05, 4.69) is 43.7 Å². The van der Waals surface area contributed by atoms with Crippen LogP contribution in [0.3, 0.4) is 0 Å². The van der Waals surface area contributed by atoms with Gasteiger partial charge in [-0.05, 0) is 43.2 Å². The Morgan fingerprint density at radius 3 is 2.84 bits per heavy atom. The quantitative estimate of drug-likeness (QED) is 0.710. The molecule has 4 rings (SSSR count). The Morgan fingerprint density at radius 2 is 2.11 bits per heavy atom. The van der Waals surface area contributed by atoms with Crippen LogP contribution < -0.4 is 0 Å². The van der Waals surface area contributed by atoms with Crippen molar-refractivity contribution in [3.63, 3.8) is 0 Å². The number of hydrogen-bond acceptors (Lipinski definition) is 2. The molecular weight excluding hydrogens is 302 g/mol. The molecule has 1 aliphatic carbocycles. The van der Waals surface area contributed by atoms with Crippen molar-refractivity contribution in [1.82, 2.24) is 14.5 Å². The molecule has 0 saturated heterocycles. The fourth-order valence-electron chi connectivity index (χ4n) is 2.47. The van der Waals surface area contributed by atoms with Crippen molar-refractivity contribution >= 4 is 27.0 Å².